The van der Waals surface area contributed by atoms with Crippen LogP contribution in [0.2, 0.25) is 0 Å². The van der Waals surface area contributed by atoms with Gasteiger partial charge in [-0.2, -0.15) is 10.1 Å². The van der Waals surface area contributed by atoms with Crippen molar-refractivity contribution in [2.75, 3.05) is 5.32 Å². The van der Waals surface area contributed by atoms with Gasteiger partial charge in [-0.05, 0) is 55.2 Å². The van der Waals surface area contributed by atoms with E-state index in [1.165, 1.54) is 12.7 Å². The number of hydrogen-bond donors (Lipinski definition) is 1. The summed E-state index contributed by atoms with van der Waals surface area (Å²) in [5, 5.41) is 7.62. The topological polar surface area (TPSA) is 69.0 Å². The zero-order valence-corrected chi connectivity index (χ0v) is 19.5. The van der Waals surface area contributed by atoms with Crippen LogP contribution >= 0.6 is 15.9 Å². The highest BCUT2D eigenvalue weighted by atomic mass is 79.9. The maximum atomic E-state index is 13.5. The predicted octanol–water partition coefficient (Wildman–Crippen LogP) is 5.33. The first-order valence-corrected chi connectivity index (χ1v) is 11.5. The van der Waals surface area contributed by atoms with Crippen molar-refractivity contribution in [1.29, 1.82) is 0 Å². The van der Waals surface area contributed by atoms with Crippen molar-refractivity contribution in [3.8, 4) is 0 Å². The largest absolute Gasteiger partial charge is 0.459 e. The van der Waals surface area contributed by atoms with E-state index in [0.29, 0.717) is 29.3 Å². The van der Waals surface area contributed by atoms with Gasteiger partial charge in [0.05, 0.1) is 5.57 Å². The van der Waals surface area contributed by atoms with E-state index in [1.807, 2.05) is 31.2 Å². The zero-order valence-electron chi connectivity index (χ0n) is 17.9. The summed E-state index contributed by atoms with van der Waals surface area (Å²) in [4.78, 5) is 17.8. The summed E-state index contributed by atoms with van der Waals surface area (Å²) in [5.41, 5.74) is 2.32. The van der Waals surface area contributed by atoms with Crippen molar-refractivity contribution in [2.45, 2.75) is 59.1 Å². The maximum Gasteiger partial charge on any atom is 0.338 e. The van der Waals surface area contributed by atoms with E-state index < -0.39 is 0 Å². The van der Waals surface area contributed by atoms with Crippen LogP contribution in [0.25, 0.3) is 0 Å². The fourth-order valence-corrected chi connectivity index (χ4v) is 5.02. The molecule has 4 atom stereocenters. The average Bonchev–Trinajstić information content (AvgIpc) is 3.15. The number of carbonyl (C=O) groups is 1. The van der Waals surface area contributed by atoms with Gasteiger partial charge in [0.25, 0.3) is 0 Å². The number of hydrogen-bond acceptors (Lipinski definition) is 5. The molecule has 0 spiro atoms. The minimum Gasteiger partial charge on any atom is -0.459 e. The first-order chi connectivity index (χ1) is 14.3. The van der Waals surface area contributed by atoms with Gasteiger partial charge < -0.3 is 10.1 Å². The van der Waals surface area contributed by atoms with Crippen molar-refractivity contribution in [1.82, 2.24) is 14.8 Å². The van der Waals surface area contributed by atoms with Gasteiger partial charge in [-0.25, -0.2) is 9.48 Å². The van der Waals surface area contributed by atoms with Crippen LogP contribution < -0.4 is 5.32 Å². The summed E-state index contributed by atoms with van der Waals surface area (Å²) >= 11 is 3.49. The molecule has 2 aliphatic rings. The fourth-order valence-electron chi connectivity index (χ4n) is 4.76. The van der Waals surface area contributed by atoms with Gasteiger partial charge >= 0.3 is 5.97 Å². The molecule has 1 aliphatic carbocycles. The van der Waals surface area contributed by atoms with E-state index >= 15 is 0 Å². The van der Waals surface area contributed by atoms with Crippen LogP contribution in [0.5, 0.6) is 0 Å². The molecule has 7 heteroatoms. The average molecular weight is 473 g/mol. The third-order valence-electron chi connectivity index (χ3n) is 6.42. The number of nitrogens with one attached hydrogen (secondary N) is 1. The van der Waals surface area contributed by atoms with Gasteiger partial charge in [0.1, 0.15) is 18.5 Å². The Morgan fingerprint density at radius 3 is 2.70 bits per heavy atom. The summed E-state index contributed by atoms with van der Waals surface area (Å²) in [6.45, 7) is 8.60. The minimum absolute atomic E-state index is 0.0516. The van der Waals surface area contributed by atoms with Gasteiger partial charge in [0, 0.05) is 10.2 Å². The van der Waals surface area contributed by atoms with Gasteiger partial charge in [0.2, 0.25) is 5.95 Å². The van der Waals surface area contributed by atoms with Gasteiger partial charge in [-0.1, -0.05) is 55.3 Å². The van der Waals surface area contributed by atoms with Crippen LogP contribution in [0.15, 0.2) is 46.3 Å². The molecule has 30 heavy (non-hydrogen) atoms. The second-order valence-corrected chi connectivity index (χ2v) is 9.83. The van der Waals surface area contributed by atoms with Crippen LogP contribution in [0, 0.1) is 17.8 Å². The SMILES string of the molecule is CC1=C(C(=O)O[C@@H]2C[C@H](C)CC[C@@H]2C(C)C)[C@H](c2ccc(Br)cc2)n2ncnc2N1. The maximum absolute atomic E-state index is 13.5. The summed E-state index contributed by atoms with van der Waals surface area (Å²) in [5.74, 6) is 1.82. The molecule has 1 fully saturated rings. The number of aromatic nitrogens is 3. The Morgan fingerprint density at radius 1 is 1.27 bits per heavy atom. The molecule has 1 aromatic carbocycles. The molecule has 2 heterocycles. The van der Waals surface area contributed by atoms with Gasteiger partial charge in [-0.3, -0.25) is 0 Å². The van der Waals surface area contributed by atoms with E-state index in [4.69, 9.17) is 4.74 Å². The number of nitrogens with zero attached hydrogens (tertiary/aromatic N) is 3. The molecule has 0 radical (unpaired) electrons. The van der Waals surface area contributed by atoms with Crippen LogP contribution in [-0.2, 0) is 9.53 Å². The lowest BCUT2D eigenvalue weighted by Gasteiger charge is -2.37. The summed E-state index contributed by atoms with van der Waals surface area (Å²) in [6.07, 6.45) is 4.68. The molecule has 6 nitrogen and oxygen atoms in total. The minimum atomic E-state index is -0.372. The summed E-state index contributed by atoms with van der Waals surface area (Å²) in [7, 11) is 0. The van der Waals surface area contributed by atoms with E-state index in [1.54, 1.807) is 4.68 Å². The Bertz CT molecular complexity index is 950. The third kappa shape index (κ3) is 4.04. The Hall–Kier alpha value is -2.15. The van der Waals surface area contributed by atoms with Crippen molar-refractivity contribution < 1.29 is 9.53 Å². The quantitative estimate of drug-likeness (QED) is 0.608. The number of carbonyl (C=O) groups excluding carboxylic acids is 1. The molecule has 2 aromatic rings. The molecule has 0 saturated heterocycles. The number of esters is 1. The molecular weight excluding hydrogens is 444 g/mol. The number of fused-ring (bicyclic) bond motifs is 1. The Labute approximate surface area is 186 Å². The molecule has 0 unspecified atom stereocenters. The second-order valence-electron chi connectivity index (χ2n) is 8.92. The molecular formula is C23H29BrN4O2. The second kappa shape index (κ2) is 8.53. The lowest BCUT2D eigenvalue weighted by atomic mass is 9.75. The lowest BCUT2D eigenvalue weighted by molar-refractivity contribution is -0.151. The van der Waals surface area contributed by atoms with Gasteiger partial charge in [-0.15, -0.1) is 0 Å². The van der Waals surface area contributed by atoms with Gasteiger partial charge in [0.15, 0.2) is 0 Å². The van der Waals surface area contributed by atoms with Crippen LogP contribution in [-0.4, -0.2) is 26.8 Å². The predicted molar refractivity (Wildman–Crippen MR) is 120 cm³/mol. The van der Waals surface area contributed by atoms with Crippen LogP contribution in [0.3, 0.4) is 0 Å². The molecule has 1 aliphatic heterocycles. The fraction of sp³-hybridized carbons (Fsp3) is 0.522. The summed E-state index contributed by atoms with van der Waals surface area (Å²) < 4.78 is 8.95. The highest BCUT2D eigenvalue weighted by Crippen LogP contribution is 2.39. The third-order valence-corrected chi connectivity index (χ3v) is 6.95. The Morgan fingerprint density at radius 2 is 2.00 bits per heavy atom. The van der Waals surface area contributed by atoms with Crippen molar-refractivity contribution in [2.24, 2.45) is 17.8 Å². The number of ether oxygens (including phenoxy) is 1. The molecule has 0 bridgehead atoms. The van der Waals surface area contributed by atoms with Crippen molar-refractivity contribution >= 4 is 27.8 Å². The van der Waals surface area contributed by atoms with Crippen LogP contribution in [0.1, 0.15) is 58.6 Å². The lowest BCUT2D eigenvalue weighted by Crippen LogP contribution is -2.38. The van der Waals surface area contributed by atoms with E-state index in [0.717, 1.165) is 28.6 Å². The molecule has 4 rings (SSSR count). The number of anilines is 1. The Balaban J connectivity index is 1.68. The molecule has 0 amide bonds. The monoisotopic (exact) mass is 472 g/mol. The number of rotatable bonds is 4. The summed E-state index contributed by atoms with van der Waals surface area (Å²) in [6, 6.07) is 7.59. The van der Waals surface area contributed by atoms with Crippen molar-refractivity contribution in [3.63, 3.8) is 0 Å². The zero-order chi connectivity index (χ0) is 21.4. The highest BCUT2D eigenvalue weighted by Gasteiger charge is 2.38. The Kier molecular flexibility index (Phi) is 6.00. The van der Waals surface area contributed by atoms with E-state index in [2.05, 4.69) is 52.1 Å². The molecule has 1 aromatic heterocycles. The molecule has 160 valence electrons. The van der Waals surface area contributed by atoms with E-state index in [-0.39, 0.29) is 18.1 Å². The molecule has 1 saturated carbocycles. The first-order valence-electron chi connectivity index (χ1n) is 10.7. The van der Waals surface area contributed by atoms with E-state index in [9.17, 15) is 4.79 Å². The number of halogens is 1. The van der Waals surface area contributed by atoms with Crippen LogP contribution in [0.4, 0.5) is 5.95 Å². The number of benzene rings is 1. The number of allylic oxidation sites excluding steroid dienone is 1. The molecule has 1 N–H and O–H groups in total. The standard InChI is InChI=1S/C23H29BrN4O2/c1-13(2)18-10-5-14(3)11-19(18)30-22(29)20-15(4)27-23-25-12-26-28(23)21(20)16-6-8-17(24)9-7-16/h6-9,12-14,18-19,21H,5,10-11H2,1-4H3,(H,25,26,27)/t14-,18-,19-,21+/m1/s1. The van der Waals surface area contributed by atoms with Crippen molar-refractivity contribution in [3.05, 3.63) is 51.9 Å². The first kappa shape index (κ1) is 21.1. The normalized spacial score (nSPS) is 26.3. The smallest absolute Gasteiger partial charge is 0.338 e. The highest BCUT2D eigenvalue weighted by molar-refractivity contribution is 9.10.